The monoisotopic (exact) mass is 354 g/mol. The molecular formula is C14H12BrClN2O2. The Morgan fingerprint density at radius 3 is 2.75 bits per heavy atom. The maximum absolute atomic E-state index is 12.3. The van der Waals surface area contributed by atoms with Gasteiger partial charge in [-0.25, -0.2) is 0 Å². The molecule has 0 saturated heterocycles. The second kappa shape index (κ2) is 6.15. The SMILES string of the molecule is COc1cc(N)ccc1C(=O)Nc1cc(Cl)ccc1Br. The van der Waals surface area contributed by atoms with Crippen LogP contribution in [-0.2, 0) is 0 Å². The summed E-state index contributed by atoms with van der Waals surface area (Å²) in [4.78, 5) is 12.3. The molecule has 2 rings (SSSR count). The Hall–Kier alpha value is -1.72. The molecular weight excluding hydrogens is 344 g/mol. The smallest absolute Gasteiger partial charge is 0.259 e. The van der Waals surface area contributed by atoms with E-state index in [-0.39, 0.29) is 5.91 Å². The molecule has 0 bridgehead atoms. The van der Waals surface area contributed by atoms with Crippen LogP contribution >= 0.6 is 27.5 Å². The Bertz CT molecular complexity index is 662. The minimum Gasteiger partial charge on any atom is -0.496 e. The molecule has 0 spiro atoms. The van der Waals surface area contributed by atoms with Crippen molar-refractivity contribution in [3.63, 3.8) is 0 Å². The second-order valence-corrected chi connectivity index (χ2v) is 5.33. The molecule has 0 heterocycles. The first-order valence-electron chi connectivity index (χ1n) is 5.71. The first-order chi connectivity index (χ1) is 9.51. The van der Waals surface area contributed by atoms with Gasteiger partial charge in [0.2, 0.25) is 0 Å². The van der Waals surface area contributed by atoms with Crippen LogP contribution in [0.15, 0.2) is 40.9 Å². The first-order valence-corrected chi connectivity index (χ1v) is 6.88. The summed E-state index contributed by atoms with van der Waals surface area (Å²) in [7, 11) is 1.49. The number of nitrogen functional groups attached to an aromatic ring is 1. The Labute approximate surface area is 130 Å². The van der Waals surface area contributed by atoms with Gasteiger partial charge in [-0.2, -0.15) is 0 Å². The fourth-order valence-electron chi connectivity index (χ4n) is 1.68. The number of nitrogens with one attached hydrogen (secondary N) is 1. The number of ether oxygens (including phenoxy) is 1. The van der Waals surface area contributed by atoms with Gasteiger partial charge in [-0.15, -0.1) is 0 Å². The van der Waals surface area contributed by atoms with Crippen LogP contribution in [0.2, 0.25) is 5.02 Å². The van der Waals surface area contributed by atoms with E-state index >= 15 is 0 Å². The number of nitrogens with two attached hydrogens (primary N) is 1. The molecule has 3 N–H and O–H groups in total. The minimum absolute atomic E-state index is 0.301. The van der Waals surface area contributed by atoms with Crippen LogP contribution in [0, 0.1) is 0 Å². The number of carbonyl (C=O) groups is 1. The maximum atomic E-state index is 12.3. The fourth-order valence-corrected chi connectivity index (χ4v) is 2.20. The summed E-state index contributed by atoms with van der Waals surface area (Å²) in [6, 6.07) is 10.0. The second-order valence-electron chi connectivity index (χ2n) is 4.04. The highest BCUT2D eigenvalue weighted by Crippen LogP contribution is 2.28. The third-order valence-electron chi connectivity index (χ3n) is 2.65. The summed E-state index contributed by atoms with van der Waals surface area (Å²) >= 11 is 9.27. The molecule has 1 amide bonds. The normalized spacial score (nSPS) is 10.2. The molecule has 0 atom stereocenters. The summed E-state index contributed by atoms with van der Waals surface area (Å²) in [6.07, 6.45) is 0. The molecule has 0 saturated carbocycles. The van der Waals surface area contributed by atoms with Gasteiger partial charge in [-0.3, -0.25) is 4.79 Å². The number of carbonyl (C=O) groups excluding carboxylic acids is 1. The molecule has 0 aliphatic heterocycles. The largest absolute Gasteiger partial charge is 0.496 e. The summed E-state index contributed by atoms with van der Waals surface area (Å²) in [5.41, 5.74) is 7.17. The number of benzene rings is 2. The van der Waals surface area contributed by atoms with Gasteiger partial charge in [-0.05, 0) is 46.3 Å². The number of hydrogen-bond donors (Lipinski definition) is 2. The van der Waals surface area contributed by atoms with Crippen LogP contribution < -0.4 is 15.8 Å². The van der Waals surface area contributed by atoms with Gasteiger partial charge >= 0.3 is 0 Å². The van der Waals surface area contributed by atoms with Crippen molar-refractivity contribution in [3.05, 3.63) is 51.5 Å². The standard InChI is InChI=1S/C14H12BrClN2O2/c1-20-13-7-9(17)3-4-10(13)14(19)18-12-6-8(16)2-5-11(12)15/h2-7H,17H2,1H3,(H,18,19). The van der Waals surface area contributed by atoms with Gasteiger partial charge in [0, 0.05) is 21.2 Å². The summed E-state index contributed by atoms with van der Waals surface area (Å²) in [5.74, 6) is 0.116. The van der Waals surface area contributed by atoms with E-state index in [1.807, 2.05) is 0 Å². The number of amides is 1. The van der Waals surface area contributed by atoms with Crippen LogP contribution in [-0.4, -0.2) is 13.0 Å². The summed E-state index contributed by atoms with van der Waals surface area (Å²) < 4.78 is 5.90. The van der Waals surface area contributed by atoms with E-state index in [0.717, 1.165) is 4.47 Å². The van der Waals surface area contributed by atoms with E-state index in [1.165, 1.54) is 7.11 Å². The first kappa shape index (κ1) is 14.7. The molecule has 0 fully saturated rings. The van der Waals surface area contributed by atoms with Gasteiger partial charge in [0.15, 0.2) is 0 Å². The number of rotatable bonds is 3. The zero-order valence-electron chi connectivity index (χ0n) is 10.6. The van der Waals surface area contributed by atoms with Crippen LogP contribution in [0.1, 0.15) is 10.4 Å². The third-order valence-corrected chi connectivity index (χ3v) is 3.57. The quantitative estimate of drug-likeness (QED) is 0.820. The Morgan fingerprint density at radius 2 is 2.05 bits per heavy atom. The van der Waals surface area contributed by atoms with Crippen molar-refractivity contribution in [2.24, 2.45) is 0 Å². The Kier molecular flexibility index (Phi) is 4.52. The van der Waals surface area contributed by atoms with Crippen molar-refractivity contribution in [1.29, 1.82) is 0 Å². The summed E-state index contributed by atoms with van der Waals surface area (Å²) in [6.45, 7) is 0. The number of methoxy groups -OCH3 is 1. The molecule has 2 aromatic rings. The van der Waals surface area contributed by atoms with Crippen molar-refractivity contribution in [1.82, 2.24) is 0 Å². The zero-order chi connectivity index (χ0) is 14.7. The lowest BCUT2D eigenvalue weighted by Crippen LogP contribution is -2.13. The highest BCUT2D eigenvalue weighted by molar-refractivity contribution is 9.10. The van der Waals surface area contributed by atoms with Crippen molar-refractivity contribution < 1.29 is 9.53 Å². The van der Waals surface area contributed by atoms with Crippen molar-refractivity contribution in [2.45, 2.75) is 0 Å². The van der Waals surface area contributed by atoms with Gasteiger partial charge in [-0.1, -0.05) is 11.6 Å². The molecule has 0 aromatic heterocycles. The molecule has 0 aliphatic rings. The highest BCUT2D eigenvalue weighted by atomic mass is 79.9. The molecule has 0 aliphatic carbocycles. The van der Waals surface area contributed by atoms with Crippen LogP contribution in [0.4, 0.5) is 11.4 Å². The third kappa shape index (κ3) is 3.23. The van der Waals surface area contributed by atoms with Gasteiger partial charge in [0.05, 0.1) is 18.4 Å². The van der Waals surface area contributed by atoms with Crippen molar-refractivity contribution >= 4 is 44.8 Å². The Morgan fingerprint density at radius 1 is 1.30 bits per heavy atom. The van der Waals surface area contributed by atoms with E-state index in [4.69, 9.17) is 22.1 Å². The van der Waals surface area contributed by atoms with E-state index < -0.39 is 0 Å². The predicted octanol–water partition coefficient (Wildman–Crippen LogP) is 3.95. The fraction of sp³-hybridized carbons (Fsp3) is 0.0714. The predicted molar refractivity (Wildman–Crippen MR) is 84.5 cm³/mol. The zero-order valence-corrected chi connectivity index (χ0v) is 13.0. The average molecular weight is 356 g/mol. The maximum Gasteiger partial charge on any atom is 0.259 e. The number of anilines is 2. The molecule has 4 nitrogen and oxygen atoms in total. The molecule has 20 heavy (non-hydrogen) atoms. The van der Waals surface area contributed by atoms with Gasteiger partial charge < -0.3 is 15.8 Å². The van der Waals surface area contributed by atoms with E-state index in [9.17, 15) is 4.79 Å². The minimum atomic E-state index is -0.301. The Balaban J connectivity index is 2.30. The lowest BCUT2D eigenvalue weighted by Gasteiger charge is -2.11. The molecule has 2 aromatic carbocycles. The van der Waals surface area contributed by atoms with E-state index in [0.29, 0.717) is 27.7 Å². The van der Waals surface area contributed by atoms with Crippen LogP contribution in [0.3, 0.4) is 0 Å². The lowest BCUT2D eigenvalue weighted by molar-refractivity contribution is 0.102. The van der Waals surface area contributed by atoms with Gasteiger partial charge in [0.25, 0.3) is 5.91 Å². The van der Waals surface area contributed by atoms with Crippen molar-refractivity contribution in [2.75, 3.05) is 18.2 Å². The average Bonchev–Trinajstić information content (AvgIpc) is 2.42. The van der Waals surface area contributed by atoms with Gasteiger partial charge in [0.1, 0.15) is 5.75 Å². The highest BCUT2D eigenvalue weighted by Gasteiger charge is 2.14. The summed E-state index contributed by atoms with van der Waals surface area (Å²) in [5, 5.41) is 3.31. The molecule has 0 unspecified atom stereocenters. The van der Waals surface area contributed by atoms with Crippen molar-refractivity contribution in [3.8, 4) is 5.75 Å². The lowest BCUT2D eigenvalue weighted by atomic mass is 10.1. The topological polar surface area (TPSA) is 64.3 Å². The molecule has 0 radical (unpaired) electrons. The van der Waals surface area contributed by atoms with E-state index in [1.54, 1.807) is 36.4 Å². The van der Waals surface area contributed by atoms with Crippen LogP contribution in [0.25, 0.3) is 0 Å². The number of halogens is 2. The van der Waals surface area contributed by atoms with Crippen LogP contribution in [0.5, 0.6) is 5.75 Å². The van der Waals surface area contributed by atoms with E-state index in [2.05, 4.69) is 21.2 Å². The number of hydrogen-bond acceptors (Lipinski definition) is 3. The molecule has 6 heteroatoms. The molecule has 104 valence electrons.